The van der Waals surface area contributed by atoms with E-state index in [9.17, 15) is 30.8 Å². The van der Waals surface area contributed by atoms with Gasteiger partial charge in [0.2, 0.25) is 10.0 Å². The maximum absolute atomic E-state index is 14.2. The number of carbonyl (C=O) groups is 1. The zero-order chi connectivity index (χ0) is 26.2. The predicted octanol–water partition coefficient (Wildman–Crippen LogP) is 4.20. The molecule has 12 heteroatoms. The lowest BCUT2D eigenvalue weighted by Gasteiger charge is -2.19. The van der Waals surface area contributed by atoms with Crippen molar-refractivity contribution in [2.24, 2.45) is 0 Å². The lowest BCUT2D eigenvalue weighted by molar-refractivity contribution is -0.137. The number of hydrogen-bond acceptors (Lipinski definition) is 5. The third-order valence-electron chi connectivity index (χ3n) is 5.00. The molecule has 3 rings (SSSR count). The summed E-state index contributed by atoms with van der Waals surface area (Å²) >= 11 is 0. The molecular formula is C24H23F4N3O4S. The van der Waals surface area contributed by atoms with E-state index < -0.39 is 52.0 Å². The second-order valence-electron chi connectivity index (χ2n) is 7.88. The van der Waals surface area contributed by atoms with Gasteiger partial charge in [0, 0.05) is 18.9 Å². The van der Waals surface area contributed by atoms with Crippen LogP contribution in [0.2, 0.25) is 0 Å². The highest BCUT2D eigenvalue weighted by Gasteiger charge is 2.31. The van der Waals surface area contributed by atoms with Gasteiger partial charge >= 0.3 is 12.3 Å². The molecule has 0 bridgehead atoms. The Morgan fingerprint density at radius 2 is 1.69 bits per heavy atom. The van der Waals surface area contributed by atoms with E-state index in [0.717, 1.165) is 12.3 Å². The topological polar surface area (TPSA) is 97.4 Å². The van der Waals surface area contributed by atoms with Crippen molar-refractivity contribution in [3.05, 3.63) is 101 Å². The Kier molecular flexibility index (Phi) is 8.99. The number of benzene rings is 2. The summed E-state index contributed by atoms with van der Waals surface area (Å²) < 4.78 is 85.6. The number of sulfonamides is 1. The van der Waals surface area contributed by atoms with Gasteiger partial charge < -0.3 is 10.1 Å². The van der Waals surface area contributed by atoms with Crippen LogP contribution in [-0.4, -0.2) is 31.3 Å². The first-order valence-electron chi connectivity index (χ1n) is 10.7. The van der Waals surface area contributed by atoms with E-state index in [1.54, 1.807) is 36.4 Å². The second-order valence-corrected chi connectivity index (χ2v) is 9.73. The summed E-state index contributed by atoms with van der Waals surface area (Å²) in [6.45, 7) is -0.517. The third kappa shape index (κ3) is 8.61. The van der Waals surface area contributed by atoms with Gasteiger partial charge in [0.15, 0.2) is 0 Å². The normalized spacial score (nSPS) is 12.7. The van der Waals surface area contributed by atoms with E-state index in [1.807, 2.05) is 0 Å². The van der Waals surface area contributed by atoms with Crippen molar-refractivity contribution in [1.82, 2.24) is 15.0 Å². The van der Waals surface area contributed by atoms with Crippen LogP contribution in [0.4, 0.5) is 22.4 Å². The molecule has 1 aromatic heterocycles. The lowest BCUT2D eigenvalue weighted by atomic mass is 10.1. The van der Waals surface area contributed by atoms with Crippen molar-refractivity contribution in [2.75, 3.05) is 5.75 Å². The van der Waals surface area contributed by atoms with Crippen LogP contribution in [0.15, 0.2) is 73.1 Å². The number of aromatic nitrogens is 1. The molecule has 192 valence electrons. The largest absolute Gasteiger partial charge is 0.445 e. The Hall–Kier alpha value is -3.51. The monoisotopic (exact) mass is 525 g/mol. The van der Waals surface area contributed by atoms with E-state index in [0.29, 0.717) is 11.8 Å². The van der Waals surface area contributed by atoms with Crippen LogP contribution < -0.4 is 10.0 Å². The van der Waals surface area contributed by atoms with Gasteiger partial charge in [-0.05, 0) is 35.2 Å². The summed E-state index contributed by atoms with van der Waals surface area (Å²) in [6, 6.07) is 14.2. The third-order valence-corrected chi connectivity index (χ3v) is 6.42. The molecule has 0 radical (unpaired) electrons. The number of ether oxygens (including phenoxy) is 1. The fraction of sp³-hybridized carbons (Fsp3) is 0.250. The van der Waals surface area contributed by atoms with Crippen molar-refractivity contribution in [2.45, 2.75) is 31.8 Å². The minimum absolute atomic E-state index is 0.00529. The number of rotatable bonds is 10. The zero-order valence-electron chi connectivity index (χ0n) is 18.8. The van der Waals surface area contributed by atoms with Crippen molar-refractivity contribution < 1.29 is 35.5 Å². The molecule has 0 aliphatic rings. The smallest absolute Gasteiger partial charge is 0.417 e. The highest BCUT2D eigenvalue weighted by molar-refractivity contribution is 7.89. The van der Waals surface area contributed by atoms with E-state index in [4.69, 9.17) is 4.74 Å². The number of alkyl carbamates (subject to hydrolysis) is 1. The van der Waals surface area contributed by atoms with Crippen molar-refractivity contribution in [3.63, 3.8) is 0 Å². The van der Waals surface area contributed by atoms with Crippen LogP contribution >= 0.6 is 0 Å². The van der Waals surface area contributed by atoms with Gasteiger partial charge in [0.25, 0.3) is 0 Å². The molecule has 36 heavy (non-hydrogen) atoms. The number of amides is 1. The van der Waals surface area contributed by atoms with Crippen LogP contribution in [0.3, 0.4) is 0 Å². The summed E-state index contributed by atoms with van der Waals surface area (Å²) in [6.07, 6.45) is -3.96. The summed E-state index contributed by atoms with van der Waals surface area (Å²) in [7, 11) is -4.12. The van der Waals surface area contributed by atoms with Gasteiger partial charge in [-0.2, -0.15) is 13.2 Å². The number of nitrogens with zero attached hydrogens (tertiary/aromatic N) is 1. The molecule has 0 spiro atoms. The lowest BCUT2D eigenvalue weighted by Crippen LogP contribution is -2.44. The first kappa shape index (κ1) is 27.1. The number of pyridine rings is 1. The maximum Gasteiger partial charge on any atom is 0.417 e. The standard InChI is InChI=1S/C24H23F4N3O4S/c25-22-9-5-4-8-19(22)11-21(31-23(32)35-15-17-6-2-1-3-7-17)16-36(33,34)30-13-18-10-20(14-29-12-18)24(26,27)28/h1-10,12,14,21,30H,11,13,15-16H2,(H,31,32)/t21-/m1/s1. The molecule has 1 heterocycles. The van der Waals surface area contributed by atoms with Gasteiger partial charge in [0.05, 0.1) is 17.4 Å². The highest BCUT2D eigenvalue weighted by atomic mass is 32.2. The minimum Gasteiger partial charge on any atom is -0.445 e. The summed E-state index contributed by atoms with van der Waals surface area (Å²) in [5, 5.41) is 2.44. The molecule has 2 N–H and O–H groups in total. The average molecular weight is 526 g/mol. The molecule has 0 saturated carbocycles. The quantitative estimate of drug-likeness (QED) is 0.387. The molecule has 0 aliphatic heterocycles. The molecule has 3 aromatic rings. The summed E-state index contributed by atoms with van der Waals surface area (Å²) in [5.41, 5.74) is -0.140. The Morgan fingerprint density at radius 1 is 1.00 bits per heavy atom. The van der Waals surface area contributed by atoms with E-state index in [2.05, 4.69) is 15.0 Å². The fourth-order valence-electron chi connectivity index (χ4n) is 3.27. The van der Waals surface area contributed by atoms with Crippen LogP contribution in [0, 0.1) is 5.82 Å². The van der Waals surface area contributed by atoms with Gasteiger partial charge in [-0.25, -0.2) is 22.3 Å². The molecule has 0 saturated heterocycles. The molecular weight excluding hydrogens is 502 g/mol. The Labute approximate surface area is 205 Å². The molecule has 1 atom stereocenters. The number of nitrogens with one attached hydrogen (secondary N) is 2. The average Bonchev–Trinajstić information content (AvgIpc) is 2.83. The fourth-order valence-corrected chi connectivity index (χ4v) is 4.50. The summed E-state index contributed by atoms with van der Waals surface area (Å²) in [5.74, 6) is -1.25. The van der Waals surface area contributed by atoms with Gasteiger partial charge in [0.1, 0.15) is 12.4 Å². The summed E-state index contributed by atoms with van der Waals surface area (Å²) in [4.78, 5) is 15.8. The van der Waals surface area contributed by atoms with Crippen molar-refractivity contribution in [1.29, 1.82) is 0 Å². The van der Waals surface area contributed by atoms with E-state index >= 15 is 0 Å². The van der Waals surface area contributed by atoms with Crippen LogP contribution in [0.1, 0.15) is 22.3 Å². The Balaban J connectivity index is 1.68. The second kappa shape index (κ2) is 12.0. The Morgan fingerprint density at radius 3 is 2.39 bits per heavy atom. The first-order valence-corrected chi connectivity index (χ1v) is 12.4. The van der Waals surface area contributed by atoms with E-state index in [-0.39, 0.29) is 24.2 Å². The number of halogens is 4. The van der Waals surface area contributed by atoms with Crippen LogP contribution in [0.25, 0.3) is 0 Å². The molecule has 0 aliphatic carbocycles. The predicted molar refractivity (Wildman–Crippen MR) is 124 cm³/mol. The van der Waals surface area contributed by atoms with E-state index in [1.165, 1.54) is 18.2 Å². The van der Waals surface area contributed by atoms with Gasteiger partial charge in [-0.1, -0.05) is 48.5 Å². The SMILES string of the molecule is O=C(N[C@H](Cc1ccccc1F)CS(=O)(=O)NCc1cncc(C(F)(F)F)c1)OCc1ccccc1. The molecule has 7 nitrogen and oxygen atoms in total. The molecule has 1 amide bonds. The first-order chi connectivity index (χ1) is 17.0. The van der Waals surface area contributed by atoms with Crippen LogP contribution in [-0.2, 0) is 40.5 Å². The van der Waals surface area contributed by atoms with Crippen molar-refractivity contribution >= 4 is 16.1 Å². The number of carbonyl (C=O) groups excluding carboxylic acids is 1. The molecule has 0 unspecified atom stereocenters. The van der Waals surface area contributed by atoms with Gasteiger partial charge in [-0.3, -0.25) is 4.98 Å². The number of hydrogen-bond donors (Lipinski definition) is 2. The Bertz CT molecular complexity index is 1270. The highest BCUT2D eigenvalue weighted by Crippen LogP contribution is 2.28. The zero-order valence-corrected chi connectivity index (χ0v) is 19.7. The van der Waals surface area contributed by atoms with Crippen LogP contribution in [0.5, 0.6) is 0 Å². The van der Waals surface area contributed by atoms with Crippen molar-refractivity contribution in [3.8, 4) is 0 Å². The molecule has 2 aromatic carbocycles. The van der Waals surface area contributed by atoms with Gasteiger partial charge in [-0.15, -0.1) is 0 Å². The maximum atomic E-state index is 14.2. The number of alkyl halides is 3. The minimum atomic E-state index is -4.63. The molecule has 0 fully saturated rings.